The Balaban J connectivity index is 1.43. The van der Waals surface area contributed by atoms with E-state index in [0.29, 0.717) is 42.4 Å². The monoisotopic (exact) mass is 501 g/mol. The van der Waals surface area contributed by atoms with E-state index < -0.39 is 15.4 Å². The Morgan fingerprint density at radius 2 is 1.91 bits per heavy atom. The normalized spacial score (nSPS) is 14.3. The SMILES string of the molecule is CCOc1cncc(-c2ccc(NC(=O)C(C)(C)c3csc(NS(=O)(=O)C4CCC4)n3)cc2)n1. The molecule has 0 bridgehead atoms. The van der Waals surface area contributed by atoms with E-state index in [4.69, 9.17) is 4.74 Å². The van der Waals surface area contributed by atoms with E-state index in [0.717, 1.165) is 12.0 Å². The summed E-state index contributed by atoms with van der Waals surface area (Å²) >= 11 is 1.18. The lowest BCUT2D eigenvalue weighted by Gasteiger charge is -2.25. The number of thiazole rings is 1. The highest BCUT2D eigenvalue weighted by Crippen LogP contribution is 2.32. The Bertz CT molecular complexity index is 1270. The van der Waals surface area contributed by atoms with Crippen LogP contribution in [0.3, 0.4) is 0 Å². The van der Waals surface area contributed by atoms with Crippen LogP contribution in [0, 0.1) is 0 Å². The standard InChI is InChI=1S/C23H27N5O4S2/c1-4-32-20-13-24-12-18(26-20)15-8-10-16(11-9-15)25-21(29)23(2,3)19-14-33-22(27-19)28-34(30,31)17-6-5-7-17/h8-14,17H,4-7H2,1-3H3,(H,25,29)(H,27,28). The van der Waals surface area contributed by atoms with Crippen molar-refractivity contribution in [3.05, 3.63) is 47.7 Å². The molecular weight excluding hydrogens is 474 g/mol. The molecule has 0 aliphatic heterocycles. The van der Waals surface area contributed by atoms with Crippen LogP contribution in [0.5, 0.6) is 5.88 Å². The Kier molecular flexibility index (Phi) is 6.85. The Hall–Kier alpha value is -3.05. The van der Waals surface area contributed by atoms with Crippen LogP contribution >= 0.6 is 11.3 Å². The van der Waals surface area contributed by atoms with Gasteiger partial charge >= 0.3 is 0 Å². The van der Waals surface area contributed by atoms with Gasteiger partial charge in [-0.3, -0.25) is 14.5 Å². The summed E-state index contributed by atoms with van der Waals surface area (Å²) in [6, 6.07) is 7.27. The molecule has 1 amide bonds. The zero-order valence-corrected chi connectivity index (χ0v) is 20.9. The Morgan fingerprint density at radius 1 is 1.18 bits per heavy atom. The van der Waals surface area contributed by atoms with E-state index in [9.17, 15) is 13.2 Å². The van der Waals surface area contributed by atoms with Crippen molar-refractivity contribution in [1.82, 2.24) is 15.0 Å². The number of carbonyl (C=O) groups is 1. The zero-order valence-electron chi connectivity index (χ0n) is 19.2. The molecule has 2 aromatic heterocycles. The molecule has 1 aromatic carbocycles. The molecule has 9 nitrogen and oxygen atoms in total. The first-order valence-electron chi connectivity index (χ1n) is 11.0. The number of amides is 1. The minimum absolute atomic E-state index is 0.253. The number of sulfonamides is 1. The number of carbonyl (C=O) groups excluding carboxylic acids is 1. The molecule has 1 saturated carbocycles. The van der Waals surface area contributed by atoms with Gasteiger partial charge in [0.25, 0.3) is 0 Å². The largest absolute Gasteiger partial charge is 0.477 e. The van der Waals surface area contributed by atoms with Gasteiger partial charge in [-0.1, -0.05) is 18.6 Å². The molecule has 0 atom stereocenters. The Labute approximate surface area is 203 Å². The van der Waals surface area contributed by atoms with Crippen LogP contribution < -0.4 is 14.8 Å². The van der Waals surface area contributed by atoms with Crippen LogP contribution in [0.2, 0.25) is 0 Å². The van der Waals surface area contributed by atoms with E-state index in [-0.39, 0.29) is 16.3 Å². The second-order valence-corrected chi connectivity index (χ2v) is 11.4. The number of nitrogens with zero attached hydrogens (tertiary/aromatic N) is 3. The van der Waals surface area contributed by atoms with Gasteiger partial charge in [-0.15, -0.1) is 11.3 Å². The van der Waals surface area contributed by atoms with Gasteiger partial charge in [0.15, 0.2) is 5.13 Å². The Morgan fingerprint density at radius 3 is 2.56 bits per heavy atom. The molecule has 1 fully saturated rings. The van der Waals surface area contributed by atoms with Gasteiger partial charge in [-0.25, -0.2) is 18.4 Å². The molecule has 11 heteroatoms. The van der Waals surface area contributed by atoms with Crippen molar-refractivity contribution >= 4 is 38.1 Å². The van der Waals surface area contributed by atoms with Crippen molar-refractivity contribution < 1.29 is 17.9 Å². The second-order valence-electron chi connectivity index (χ2n) is 8.57. The quantitative estimate of drug-likeness (QED) is 0.450. The molecule has 180 valence electrons. The molecular formula is C23H27N5O4S2. The fraction of sp³-hybridized carbons (Fsp3) is 0.391. The molecule has 2 heterocycles. The van der Waals surface area contributed by atoms with Crippen LogP contribution in [0.25, 0.3) is 11.3 Å². The fourth-order valence-electron chi connectivity index (χ4n) is 3.33. The molecule has 3 aromatic rings. The summed E-state index contributed by atoms with van der Waals surface area (Å²) in [5, 5.41) is 4.55. The third-order valence-electron chi connectivity index (χ3n) is 5.78. The van der Waals surface area contributed by atoms with Crippen LogP contribution in [0.4, 0.5) is 10.8 Å². The number of benzene rings is 1. The minimum Gasteiger partial charge on any atom is -0.477 e. The molecule has 1 aliphatic carbocycles. The number of ether oxygens (including phenoxy) is 1. The van der Waals surface area contributed by atoms with Crippen molar-refractivity contribution in [2.45, 2.75) is 50.7 Å². The summed E-state index contributed by atoms with van der Waals surface area (Å²) in [6.07, 6.45) is 5.48. The highest BCUT2D eigenvalue weighted by Gasteiger charge is 2.35. The molecule has 0 spiro atoms. The summed E-state index contributed by atoms with van der Waals surface area (Å²) in [6.45, 7) is 5.90. The lowest BCUT2D eigenvalue weighted by molar-refractivity contribution is -0.120. The average molecular weight is 502 g/mol. The van der Waals surface area contributed by atoms with Gasteiger partial charge in [0.05, 0.1) is 41.1 Å². The van der Waals surface area contributed by atoms with Crippen molar-refractivity contribution in [1.29, 1.82) is 0 Å². The number of hydrogen-bond acceptors (Lipinski definition) is 8. The lowest BCUT2D eigenvalue weighted by Crippen LogP contribution is -2.35. The number of anilines is 2. The zero-order chi connectivity index (χ0) is 24.3. The van der Waals surface area contributed by atoms with Crippen molar-refractivity contribution in [2.75, 3.05) is 16.6 Å². The van der Waals surface area contributed by atoms with Gasteiger partial charge in [-0.2, -0.15) is 0 Å². The predicted molar refractivity (Wildman–Crippen MR) is 133 cm³/mol. The predicted octanol–water partition coefficient (Wildman–Crippen LogP) is 4.21. The van der Waals surface area contributed by atoms with Crippen LogP contribution in [-0.2, 0) is 20.2 Å². The van der Waals surface area contributed by atoms with E-state index in [1.54, 1.807) is 43.8 Å². The van der Waals surface area contributed by atoms with Crippen molar-refractivity contribution in [3.63, 3.8) is 0 Å². The van der Waals surface area contributed by atoms with Crippen LogP contribution in [-0.4, -0.2) is 41.1 Å². The third kappa shape index (κ3) is 5.20. The maximum Gasteiger partial charge on any atom is 0.237 e. The highest BCUT2D eigenvalue weighted by molar-refractivity contribution is 7.93. The fourth-order valence-corrected chi connectivity index (χ4v) is 6.00. The summed E-state index contributed by atoms with van der Waals surface area (Å²) < 4.78 is 32.7. The first-order valence-corrected chi connectivity index (χ1v) is 13.5. The number of hydrogen-bond donors (Lipinski definition) is 2. The molecule has 0 radical (unpaired) electrons. The summed E-state index contributed by atoms with van der Waals surface area (Å²) in [7, 11) is -3.43. The molecule has 34 heavy (non-hydrogen) atoms. The third-order valence-corrected chi connectivity index (χ3v) is 8.49. The maximum atomic E-state index is 13.0. The molecule has 1 aliphatic rings. The van der Waals surface area contributed by atoms with Gasteiger partial charge in [-0.05, 0) is 45.7 Å². The molecule has 2 N–H and O–H groups in total. The topological polar surface area (TPSA) is 123 Å². The van der Waals surface area contributed by atoms with Crippen LogP contribution in [0.1, 0.15) is 45.7 Å². The lowest BCUT2D eigenvalue weighted by atomic mass is 9.89. The van der Waals surface area contributed by atoms with Gasteiger partial charge < -0.3 is 10.1 Å². The second kappa shape index (κ2) is 9.67. The number of aromatic nitrogens is 3. The minimum atomic E-state index is -3.43. The first kappa shape index (κ1) is 24.1. The molecule has 0 unspecified atom stereocenters. The number of rotatable bonds is 9. The van der Waals surface area contributed by atoms with E-state index in [1.807, 2.05) is 19.1 Å². The van der Waals surface area contributed by atoms with Gasteiger partial charge in [0, 0.05) is 16.6 Å². The van der Waals surface area contributed by atoms with E-state index in [2.05, 4.69) is 25.0 Å². The van der Waals surface area contributed by atoms with Crippen molar-refractivity contribution in [3.8, 4) is 17.1 Å². The smallest absolute Gasteiger partial charge is 0.237 e. The van der Waals surface area contributed by atoms with Crippen molar-refractivity contribution in [2.24, 2.45) is 0 Å². The summed E-state index contributed by atoms with van der Waals surface area (Å²) in [5.74, 6) is 0.203. The van der Waals surface area contributed by atoms with E-state index >= 15 is 0 Å². The van der Waals surface area contributed by atoms with Gasteiger partial charge in [0.2, 0.25) is 21.8 Å². The first-order chi connectivity index (χ1) is 16.2. The van der Waals surface area contributed by atoms with Crippen LogP contribution in [0.15, 0.2) is 42.0 Å². The maximum absolute atomic E-state index is 13.0. The van der Waals surface area contributed by atoms with E-state index in [1.165, 1.54) is 11.3 Å². The average Bonchev–Trinajstić information content (AvgIpc) is 3.21. The molecule has 0 saturated heterocycles. The van der Waals surface area contributed by atoms with Gasteiger partial charge in [0.1, 0.15) is 0 Å². The highest BCUT2D eigenvalue weighted by atomic mass is 32.2. The number of nitrogens with one attached hydrogen (secondary N) is 2. The summed E-state index contributed by atoms with van der Waals surface area (Å²) in [5.41, 5.74) is 1.67. The summed E-state index contributed by atoms with van der Waals surface area (Å²) in [4.78, 5) is 26.0. The molecule has 4 rings (SSSR count).